The standard InChI is InChI=1S/C10H6ClNO2/c11-6-1-2-9-8(5-6)7(10(13)14)3-4-12-9/h1-5H,(H,13,14). The molecule has 0 bridgehead atoms. The first-order chi connectivity index (χ1) is 6.68. The number of carboxylic acid groups (broad SMARTS) is 1. The lowest BCUT2D eigenvalue weighted by Crippen LogP contribution is -1.97. The molecule has 0 spiro atoms. The number of fused-ring (bicyclic) bond motifs is 1. The van der Waals surface area contributed by atoms with Crippen LogP contribution in [0.2, 0.25) is 5.02 Å². The summed E-state index contributed by atoms with van der Waals surface area (Å²) in [7, 11) is 0. The van der Waals surface area contributed by atoms with Crippen LogP contribution in [0, 0.1) is 0 Å². The molecule has 2 aromatic rings. The van der Waals surface area contributed by atoms with E-state index < -0.39 is 5.97 Å². The van der Waals surface area contributed by atoms with Gasteiger partial charge in [0.15, 0.2) is 0 Å². The zero-order valence-corrected chi connectivity index (χ0v) is 7.82. The van der Waals surface area contributed by atoms with Crippen LogP contribution in [-0.2, 0) is 0 Å². The van der Waals surface area contributed by atoms with Crippen molar-refractivity contribution >= 4 is 28.5 Å². The van der Waals surface area contributed by atoms with E-state index in [9.17, 15) is 4.79 Å². The van der Waals surface area contributed by atoms with Crippen molar-refractivity contribution in [2.45, 2.75) is 0 Å². The van der Waals surface area contributed by atoms with E-state index in [1.54, 1.807) is 18.2 Å². The first-order valence-corrected chi connectivity index (χ1v) is 4.34. The number of aromatic carboxylic acids is 1. The lowest BCUT2D eigenvalue weighted by Gasteiger charge is -2.01. The second-order valence-electron chi connectivity index (χ2n) is 2.83. The van der Waals surface area contributed by atoms with Gasteiger partial charge in [-0.05, 0) is 24.3 Å². The van der Waals surface area contributed by atoms with Crippen LogP contribution >= 0.6 is 11.6 Å². The number of pyridine rings is 1. The monoisotopic (exact) mass is 207 g/mol. The molecule has 0 aliphatic heterocycles. The third-order valence-corrected chi connectivity index (χ3v) is 2.17. The smallest absolute Gasteiger partial charge is 0.336 e. The maximum absolute atomic E-state index is 10.9. The minimum absolute atomic E-state index is 0.220. The first kappa shape index (κ1) is 8.97. The molecule has 0 atom stereocenters. The minimum atomic E-state index is -0.973. The summed E-state index contributed by atoms with van der Waals surface area (Å²) >= 11 is 5.77. The predicted molar refractivity (Wildman–Crippen MR) is 53.7 cm³/mol. The van der Waals surface area contributed by atoms with Crippen LogP contribution in [0.4, 0.5) is 0 Å². The Hall–Kier alpha value is -1.61. The molecule has 1 N–H and O–H groups in total. The highest BCUT2D eigenvalue weighted by Crippen LogP contribution is 2.20. The quantitative estimate of drug-likeness (QED) is 0.782. The molecule has 3 nitrogen and oxygen atoms in total. The minimum Gasteiger partial charge on any atom is -0.478 e. The van der Waals surface area contributed by atoms with Gasteiger partial charge < -0.3 is 5.11 Å². The molecule has 2 rings (SSSR count). The Morgan fingerprint density at radius 2 is 2.14 bits per heavy atom. The SMILES string of the molecule is O=C(O)c1ccnc2ccc(Cl)cc12. The predicted octanol–water partition coefficient (Wildman–Crippen LogP) is 2.59. The van der Waals surface area contributed by atoms with Gasteiger partial charge >= 0.3 is 5.97 Å². The van der Waals surface area contributed by atoms with E-state index >= 15 is 0 Å². The molecule has 1 heterocycles. The van der Waals surface area contributed by atoms with Gasteiger partial charge in [0.25, 0.3) is 0 Å². The highest BCUT2D eigenvalue weighted by molar-refractivity contribution is 6.31. The van der Waals surface area contributed by atoms with Gasteiger partial charge in [-0.15, -0.1) is 0 Å². The highest BCUT2D eigenvalue weighted by Gasteiger charge is 2.08. The molecule has 0 saturated carbocycles. The topological polar surface area (TPSA) is 50.2 Å². The Balaban J connectivity index is 2.84. The van der Waals surface area contributed by atoms with E-state index in [4.69, 9.17) is 16.7 Å². The molecule has 1 aromatic heterocycles. The average molecular weight is 208 g/mol. The van der Waals surface area contributed by atoms with Crippen LogP contribution in [-0.4, -0.2) is 16.1 Å². The van der Waals surface area contributed by atoms with E-state index in [2.05, 4.69) is 4.98 Å². The zero-order valence-electron chi connectivity index (χ0n) is 7.07. The van der Waals surface area contributed by atoms with Crippen molar-refractivity contribution in [3.8, 4) is 0 Å². The summed E-state index contributed by atoms with van der Waals surface area (Å²) < 4.78 is 0. The molecule has 1 aromatic carbocycles. The van der Waals surface area contributed by atoms with Crippen LogP contribution in [0.1, 0.15) is 10.4 Å². The van der Waals surface area contributed by atoms with Crippen LogP contribution in [0.25, 0.3) is 10.9 Å². The van der Waals surface area contributed by atoms with Gasteiger partial charge in [-0.3, -0.25) is 4.98 Å². The second-order valence-corrected chi connectivity index (χ2v) is 3.26. The third kappa shape index (κ3) is 1.42. The molecule has 4 heteroatoms. The summed E-state index contributed by atoms with van der Waals surface area (Å²) in [6.07, 6.45) is 1.47. The number of aromatic nitrogens is 1. The van der Waals surface area contributed by atoms with Gasteiger partial charge in [0.2, 0.25) is 0 Å². The number of hydrogen-bond acceptors (Lipinski definition) is 2. The summed E-state index contributed by atoms with van der Waals surface area (Å²) in [5, 5.41) is 9.97. The molecule has 0 amide bonds. The normalized spacial score (nSPS) is 10.4. The average Bonchev–Trinajstić information content (AvgIpc) is 2.16. The summed E-state index contributed by atoms with van der Waals surface area (Å²) in [5.74, 6) is -0.973. The molecule has 0 unspecified atom stereocenters. The molecule has 0 radical (unpaired) electrons. The summed E-state index contributed by atoms with van der Waals surface area (Å²) in [5.41, 5.74) is 0.854. The molecule has 70 valence electrons. The van der Waals surface area contributed by atoms with Crippen LogP contribution in [0.15, 0.2) is 30.5 Å². The van der Waals surface area contributed by atoms with E-state index in [-0.39, 0.29) is 5.56 Å². The van der Waals surface area contributed by atoms with Crippen molar-refractivity contribution in [2.24, 2.45) is 0 Å². The van der Waals surface area contributed by atoms with E-state index in [0.717, 1.165) is 0 Å². The Labute approximate surface area is 85.0 Å². The molecule has 0 aliphatic carbocycles. The largest absolute Gasteiger partial charge is 0.478 e. The van der Waals surface area contributed by atoms with Gasteiger partial charge in [0.05, 0.1) is 11.1 Å². The highest BCUT2D eigenvalue weighted by atomic mass is 35.5. The van der Waals surface area contributed by atoms with Crippen LogP contribution < -0.4 is 0 Å². The zero-order chi connectivity index (χ0) is 10.1. The number of carbonyl (C=O) groups is 1. The molecule has 0 saturated heterocycles. The third-order valence-electron chi connectivity index (χ3n) is 1.93. The van der Waals surface area contributed by atoms with Gasteiger partial charge in [0.1, 0.15) is 0 Å². The van der Waals surface area contributed by atoms with Gasteiger partial charge in [-0.2, -0.15) is 0 Å². The number of benzene rings is 1. The maximum atomic E-state index is 10.9. The van der Waals surface area contributed by atoms with Gasteiger partial charge in [-0.1, -0.05) is 11.6 Å². The van der Waals surface area contributed by atoms with Crippen molar-refractivity contribution in [1.29, 1.82) is 0 Å². The fourth-order valence-corrected chi connectivity index (χ4v) is 1.48. The summed E-state index contributed by atoms with van der Waals surface area (Å²) in [6.45, 7) is 0. The number of halogens is 1. The Bertz CT molecular complexity index is 510. The Kier molecular flexibility index (Phi) is 2.09. The molecular formula is C10H6ClNO2. The fourth-order valence-electron chi connectivity index (χ4n) is 1.30. The van der Waals surface area contributed by atoms with Crippen LogP contribution in [0.5, 0.6) is 0 Å². The number of hydrogen-bond donors (Lipinski definition) is 1. The van der Waals surface area contributed by atoms with E-state index in [1.807, 2.05) is 0 Å². The molecular weight excluding hydrogens is 202 g/mol. The van der Waals surface area contributed by atoms with Crippen molar-refractivity contribution in [3.63, 3.8) is 0 Å². The number of rotatable bonds is 1. The number of nitrogens with zero attached hydrogens (tertiary/aromatic N) is 1. The Morgan fingerprint density at radius 3 is 2.86 bits per heavy atom. The van der Waals surface area contributed by atoms with Crippen molar-refractivity contribution < 1.29 is 9.90 Å². The van der Waals surface area contributed by atoms with Gasteiger partial charge in [-0.25, -0.2) is 4.79 Å². The molecule has 14 heavy (non-hydrogen) atoms. The fraction of sp³-hybridized carbons (Fsp3) is 0. The Morgan fingerprint density at radius 1 is 1.36 bits per heavy atom. The number of carboxylic acids is 1. The van der Waals surface area contributed by atoms with Crippen LogP contribution in [0.3, 0.4) is 0 Å². The van der Waals surface area contributed by atoms with E-state index in [1.165, 1.54) is 12.3 Å². The summed E-state index contributed by atoms with van der Waals surface area (Å²) in [6, 6.07) is 6.45. The summed E-state index contributed by atoms with van der Waals surface area (Å²) in [4.78, 5) is 14.9. The van der Waals surface area contributed by atoms with Crippen molar-refractivity contribution in [3.05, 3.63) is 41.0 Å². The van der Waals surface area contributed by atoms with Crippen molar-refractivity contribution in [2.75, 3.05) is 0 Å². The molecule has 0 aliphatic rings. The lowest BCUT2D eigenvalue weighted by atomic mass is 10.1. The lowest BCUT2D eigenvalue weighted by molar-refractivity contribution is 0.0699. The van der Waals surface area contributed by atoms with Crippen molar-refractivity contribution in [1.82, 2.24) is 4.98 Å². The second kappa shape index (κ2) is 3.27. The first-order valence-electron chi connectivity index (χ1n) is 3.96. The van der Waals surface area contributed by atoms with Gasteiger partial charge in [0, 0.05) is 16.6 Å². The van der Waals surface area contributed by atoms with E-state index in [0.29, 0.717) is 15.9 Å². The maximum Gasteiger partial charge on any atom is 0.336 e. The molecule has 0 fully saturated rings.